The zero-order chi connectivity index (χ0) is 11.6. The van der Waals surface area contributed by atoms with Gasteiger partial charge in [0.2, 0.25) is 0 Å². The lowest BCUT2D eigenvalue weighted by Gasteiger charge is -2.11. The molecule has 0 saturated carbocycles. The highest BCUT2D eigenvalue weighted by Crippen LogP contribution is 2.13. The number of nitrogens with one attached hydrogen (secondary N) is 3. The molecule has 0 aliphatic carbocycles. The molecule has 0 heterocycles. The van der Waals surface area contributed by atoms with E-state index in [-0.39, 0.29) is 23.1 Å². The highest BCUT2D eigenvalue weighted by atomic mass is 14.8. The second-order valence-electron chi connectivity index (χ2n) is 2.97. The summed E-state index contributed by atoms with van der Waals surface area (Å²) in [5.74, 6) is -0.669. The van der Waals surface area contributed by atoms with Crippen molar-refractivity contribution in [2.24, 2.45) is 17.2 Å². The molecule has 1 aromatic carbocycles. The van der Waals surface area contributed by atoms with Crippen molar-refractivity contribution in [2.45, 2.75) is 0 Å². The van der Waals surface area contributed by atoms with Crippen molar-refractivity contribution in [3.8, 4) is 0 Å². The first kappa shape index (κ1) is 10.7. The van der Waals surface area contributed by atoms with E-state index >= 15 is 0 Å². The van der Waals surface area contributed by atoms with Crippen molar-refractivity contribution in [1.29, 1.82) is 16.2 Å². The fourth-order valence-corrected chi connectivity index (χ4v) is 1.29. The number of hydrogen-bond donors (Lipinski definition) is 6. The number of nitrogen functional groups attached to an aromatic ring is 3. The number of benzene rings is 1. The Kier molecular flexibility index (Phi) is 2.70. The molecule has 6 heteroatoms. The van der Waals surface area contributed by atoms with Crippen LogP contribution in [-0.2, 0) is 0 Å². The van der Waals surface area contributed by atoms with Crippen LogP contribution in [0.25, 0.3) is 0 Å². The summed E-state index contributed by atoms with van der Waals surface area (Å²) >= 11 is 0. The molecule has 0 amide bonds. The van der Waals surface area contributed by atoms with Crippen molar-refractivity contribution >= 4 is 17.5 Å². The highest BCUT2D eigenvalue weighted by molar-refractivity contribution is 6.14. The molecule has 0 fully saturated rings. The first-order chi connectivity index (χ1) is 6.95. The Labute approximate surface area is 86.6 Å². The molecule has 6 nitrogen and oxygen atoms in total. The van der Waals surface area contributed by atoms with Gasteiger partial charge in [0.05, 0.1) is 0 Å². The fourth-order valence-electron chi connectivity index (χ4n) is 1.29. The van der Waals surface area contributed by atoms with Crippen LogP contribution < -0.4 is 17.2 Å². The largest absolute Gasteiger partial charge is 0.384 e. The average molecular weight is 204 g/mol. The van der Waals surface area contributed by atoms with E-state index in [0.29, 0.717) is 11.1 Å². The molecule has 0 atom stereocenters. The smallest absolute Gasteiger partial charge is 0.124 e. The minimum atomic E-state index is -0.258. The summed E-state index contributed by atoms with van der Waals surface area (Å²) in [6.07, 6.45) is 0. The van der Waals surface area contributed by atoms with Crippen molar-refractivity contribution < 1.29 is 0 Å². The molecule has 78 valence electrons. The molecule has 0 radical (unpaired) electrons. The number of hydrogen-bond acceptors (Lipinski definition) is 3. The van der Waals surface area contributed by atoms with Gasteiger partial charge >= 0.3 is 0 Å². The van der Waals surface area contributed by atoms with Crippen LogP contribution in [0.1, 0.15) is 16.7 Å². The van der Waals surface area contributed by atoms with Gasteiger partial charge in [0.1, 0.15) is 17.5 Å². The van der Waals surface area contributed by atoms with E-state index in [1.165, 1.54) is 0 Å². The average Bonchev–Trinajstić information content (AvgIpc) is 2.16. The zero-order valence-corrected chi connectivity index (χ0v) is 7.96. The standard InChI is InChI=1S/C9H12N6/c10-7(11)4-2-1-3-5(8(12)13)6(4)9(14)15/h1-3H,(H3,10,11)(H3,12,13)(H3,14,15). The first-order valence-corrected chi connectivity index (χ1v) is 4.11. The molecular weight excluding hydrogens is 192 g/mol. The molecule has 0 spiro atoms. The summed E-state index contributed by atoms with van der Waals surface area (Å²) in [5, 5.41) is 22.0. The second-order valence-corrected chi connectivity index (χ2v) is 2.97. The van der Waals surface area contributed by atoms with Crippen LogP contribution in [0.5, 0.6) is 0 Å². The summed E-state index contributed by atoms with van der Waals surface area (Å²) in [6, 6.07) is 4.73. The minimum Gasteiger partial charge on any atom is -0.384 e. The van der Waals surface area contributed by atoms with Crippen LogP contribution in [0.3, 0.4) is 0 Å². The van der Waals surface area contributed by atoms with Gasteiger partial charge in [-0.15, -0.1) is 0 Å². The lowest BCUT2D eigenvalue weighted by Crippen LogP contribution is -2.26. The Morgan fingerprint density at radius 2 is 1.20 bits per heavy atom. The Balaban J connectivity index is 3.56. The second kappa shape index (κ2) is 3.79. The van der Waals surface area contributed by atoms with Crippen LogP contribution in [0.2, 0.25) is 0 Å². The molecule has 0 aliphatic heterocycles. The monoisotopic (exact) mass is 204 g/mol. The summed E-state index contributed by atoms with van der Waals surface area (Å²) in [5.41, 5.74) is 16.9. The van der Waals surface area contributed by atoms with E-state index in [2.05, 4.69) is 0 Å². The van der Waals surface area contributed by atoms with Gasteiger partial charge in [-0.2, -0.15) is 0 Å². The van der Waals surface area contributed by atoms with E-state index in [4.69, 9.17) is 33.4 Å². The Morgan fingerprint density at radius 3 is 1.47 bits per heavy atom. The van der Waals surface area contributed by atoms with E-state index in [1.807, 2.05) is 0 Å². The van der Waals surface area contributed by atoms with Gasteiger partial charge in [0, 0.05) is 16.7 Å². The molecule has 0 saturated heterocycles. The van der Waals surface area contributed by atoms with Crippen LogP contribution in [-0.4, -0.2) is 17.5 Å². The number of rotatable bonds is 3. The Morgan fingerprint density at radius 1 is 0.800 bits per heavy atom. The summed E-state index contributed by atoms with van der Waals surface area (Å²) in [6.45, 7) is 0. The predicted molar refractivity (Wildman–Crippen MR) is 59.5 cm³/mol. The predicted octanol–water partition coefficient (Wildman–Crippen LogP) is -0.461. The van der Waals surface area contributed by atoms with Crippen LogP contribution in [0.4, 0.5) is 0 Å². The van der Waals surface area contributed by atoms with E-state index < -0.39 is 0 Å². The SMILES string of the molecule is N=C(N)c1cccc(C(=N)N)c1C(=N)N. The molecular formula is C9H12N6. The van der Waals surface area contributed by atoms with E-state index in [1.54, 1.807) is 18.2 Å². The molecule has 0 aliphatic rings. The van der Waals surface area contributed by atoms with Gasteiger partial charge in [-0.3, -0.25) is 16.2 Å². The molecule has 15 heavy (non-hydrogen) atoms. The van der Waals surface area contributed by atoms with E-state index in [0.717, 1.165) is 0 Å². The molecule has 1 aromatic rings. The van der Waals surface area contributed by atoms with Gasteiger partial charge in [-0.25, -0.2) is 0 Å². The van der Waals surface area contributed by atoms with Crippen LogP contribution in [0, 0.1) is 16.2 Å². The van der Waals surface area contributed by atoms with Crippen LogP contribution in [0.15, 0.2) is 18.2 Å². The Hall–Kier alpha value is -2.37. The van der Waals surface area contributed by atoms with E-state index in [9.17, 15) is 0 Å². The third-order valence-electron chi connectivity index (χ3n) is 1.91. The summed E-state index contributed by atoms with van der Waals surface area (Å²) < 4.78 is 0. The minimum absolute atomic E-state index is 0.205. The number of nitrogens with two attached hydrogens (primary N) is 3. The Bertz CT molecular complexity index is 416. The first-order valence-electron chi connectivity index (χ1n) is 4.11. The topological polar surface area (TPSA) is 150 Å². The maximum atomic E-state index is 7.38. The maximum absolute atomic E-state index is 7.38. The summed E-state index contributed by atoms with van der Waals surface area (Å²) in [7, 11) is 0. The van der Waals surface area contributed by atoms with Crippen molar-refractivity contribution in [3.63, 3.8) is 0 Å². The molecule has 1 rings (SSSR count). The summed E-state index contributed by atoms with van der Waals surface area (Å²) in [4.78, 5) is 0. The molecule has 0 bridgehead atoms. The van der Waals surface area contributed by atoms with Crippen LogP contribution >= 0.6 is 0 Å². The van der Waals surface area contributed by atoms with Gasteiger partial charge in [0.25, 0.3) is 0 Å². The molecule has 9 N–H and O–H groups in total. The quantitative estimate of drug-likeness (QED) is 0.292. The third-order valence-corrected chi connectivity index (χ3v) is 1.91. The molecule has 0 aromatic heterocycles. The molecule has 0 unspecified atom stereocenters. The van der Waals surface area contributed by atoms with Crippen molar-refractivity contribution in [1.82, 2.24) is 0 Å². The van der Waals surface area contributed by atoms with Crippen molar-refractivity contribution in [2.75, 3.05) is 0 Å². The lowest BCUT2D eigenvalue weighted by molar-refractivity contribution is 1.35. The van der Waals surface area contributed by atoms with Gasteiger partial charge in [0.15, 0.2) is 0 Å². The number of amidine groups is 3. The van der Waals surface area contributed by atoms with Gasteiger partial charge in [-0.1, -0.05) is 18.2 Å². The fraction of sp³-hybridized carbons (Fsp3) is 0. The maximum Gasteiger partial charge on any atom is 0.124 e. The zero-order valence-electron chi connectivity index (χ0n) is 7.96. The lowest BCUT2D eigenvalue weighted by atomic mass is 9.98. The van der Waals surface area contributed by atoms with Gasteiger partial charge in [-0.05, 0) is 0 Å². The third kappa shape index (κ3) is 1.93. The highest BCUT2D eigenvalue weighted by Gasteiger charge is 2.14. The van der Waals surface area contributed by atoms with Crippen molar-refractivity contribution in [3.05, 3.63) is 34.9 Å². The van der Waals surface area contributed by atoms with Gasteiger partial charge < -0.3 is 17.2 Å². The normalized spacial score (nSPS) is 9.60.